The number of nitrogens with zero attached hydrogens (tertiary/aromatic N) is 2. The third-order valence-corrected chi connectivity index (χ3v) is 2.29. The zero-order valence-electron chi connectivity index (χ0n) is 8.01. The van der Waals surface area contributed by atoms with Gasteiger partial charge >= 0.3 is 0 Å². The van der Waals surface area contributed by atoms with E-state index in [1.54, 1.807) is 0 Å². The standard InChI is InChI=1S/C8H9N5O3/c9-3-4(10)6-7(8(14)5(3)11)13(16)2-1-12(6)15/h1-2,10,15-16H,9,11H2. The van der Waals surface area contributed by atoms with Gasteiger partial charge in [0.15, 0.2) is 5.35 Å². The first kappa shape index (κ1) is 9.90. The summed E-state index contributed by atoms with van der Waals surface area (Å²) in [5, 5.41) is 25.7. The molecule has 16 heavy (non-hydrogen) atoms. The van der Waals surface area contributed by atoms with Crippen molar-refractivity contribution in [1.29, 1.82) is 5.41 Å². The number of nitrogens with two attached hydrogens (primary N) is 2. The van der Waals surface area contributed by atoms with Crippen molar-refractivity contribution in [3.63, 3.8) is 0 Å². The Bertz CT molecular complexity index is 681. The summed E-state index contributed by atoms with van der Waals surface area (Å²) in [4.78, 5) is 11.7. The summed E-state index contributed by atoms with van der Waals surface area (Å²) in [6.45, 7) is 0. The Morgan fingerprint density at radius 2 is 1.56 bits per heavy atom. The summed E-state index contributed by atoms with van der Waals surface area (Å²) in [6.07, 6.45) is 2.11. The molecular weight excluding hydrogens is 214 g/mol. The molecule has 0 fully saturated rings. The van der Waals surface area contributed by atoms with Crippen molar-refractivity contribution in [2.45, 2.75) is 0 Å². The number of hydrogen-bond donors (Lipinski definition) is 5. The summed E-state index contributed by atoms with van der Waals surface area (Å²) < 4.78 is 1.01. The first-order chi connectivity index (χ1) is 7.45. The largest absolute Gasteiger partial charge is 0.428 e. The van der Waals surface area contributed by atoms with Gasteiger partial charge in [0.2, 0.25) is 5.43 Å². The van der Waals surface area contributed by atoms with Crippen LogP contribution in [0.15, 0.2) is 17.2 Å². The summed E-state index contributed by atoms with van der Waals surface area (Å²) in [5.41, 5.74) is 9.54. The fourth-order valence-electron chi connectivity index (χ4n) is 1.45. The van der Waals surface area contributed by atoms with E-state index >= 15 is 0 Å². The zero-order chi connectivity index (χ0) is 12.0. The first-order valence-electron chi connectivity index (χ1n) is 4.23. The lowest BCUT2D eigenvalue weighted by Gasteiger charge is -2.06. The molecule has 1 aliphatic heterocycles. The fourth-order valence-corrected chi connectivity index (χ4v) is 1.45. The van der Waals surface area contributed by atoms with Crippen molar-refractivity contribution in [1.82, 2.24) is 9.46 Å². The number of nitrogens with one attached hydrogen (secondary N) is 1. The minimum Gasteiger partial charge on any atom is -0.428 e. The Hall–Kier alpha value is -2.64. The lowest BCUT2D eigenvalue weighted by molar-refractivity contribution is 0.143. The van der Waals surface area contributed by atoms with E-state index in [0.29, 0.717) is 9.46 Å². The Balaban J connectivity index is 3.40. The van der Waals surface area contributed by atoms with Crippen LogP contribution in [-0.2, 0) is 0 Å². The lowest BCUT2D eigenvalue weighted by atomic mass is 10.2. The highest BCUT2D eigenvalue weighted by atomic mass is 16.5. The van der Waals surface area contributed by atoms with Crippen LogP contribution < -0.4 is 22.3 Å². The predicted octanol–water partition coefficient (Wildman–Crippen LogP) is -1.51. The molecule has 2 rings (SSSR count). The van der Waals surface area contributed by atoms with Crippen LogP contribution >= 0.6 is 0 Å². The third-order valence-electron chi connectivity index (χ3n) is 2.29. The van der Waals surface area contributed by atoms with Gasteiger partial charge in [0.1, 0.15) is 16.4 Å². The van der Waals surface area contributed by atoms with Crippen LogP contribution in [0, 0.1) is 16.1 Å². The number of anilines is 2. The van der Waals surface area contributed by atoms with E-state index in [2.05, 4.69) is 0 Å². The monoisotopic (exact) mass is 223 g/mol. The molecule has 0 spiro atoms. The SMILES string of the molecule is N=c1c(N)c(N)c(=O)c2n(O)ccn(O)c1=2. The maximum atomic E-state index is 11.7. The highest BCUT2D eigenvalue weighted by molar-refractivity contribution is 5.61. The van der Waals surface area contributed by atoms with E-state index in [4.69, 9.17) is 16.9 Å². The van der Waals surface area contributed by atoms with Gasteiger partial charge in [-0.05, 0) is 0 Å². The second-order valence-corrected chi connectivity index (χ2v) is 3.22. The molecule has 0 bridgehead atoms. The molecule has 0 saturated carbocycles. The van der Waals surface area contributed by atoms with Gasteiger partial charge in [-0.2, -0.15) is 9.46 Å². The first-order valence-corrected chi connectivity index (χ1v) is 4.23. The van der Waals surface area contributed by atoms with E-state index in [1.807, 2.05) is 0 Å². The van der Waals surface area contributed by atoms with E-state index in [0.717, 1.165) is 12.4 Å². The van der Waals surface area contributed by atoms with Crippen molar-refractivity contribution >= 4 is 11.4 Å². The lowest BCUT2D eigenvalue weighted by Crippen LogP contribution is -2.28. The minimum absolute atomic E-state index is 0.207. The summed E-state index contributed by atoms with van der Waals surface area (Å²) in [7, 11) is 0. The van der Waals surface area contributed by atoms with Crippen LogP contribution in [0.25, 0.3) is 0 Å². The van der Waals surface area contributed by atoms with Gasteiger partial charge in [-0.15, -0.1) is 0 Å². The van der Waals surface area contributed by atoms with Crippen molar-refractivity contribution in [3.8, 4) is 0 Å². The summed E-state index contributed by atoms with van der Waals surface area (Å²) in [6, 6.07) is 0. The van der Waals surface area contributed by atoms with E-state index in [-0.39, 0.29) is 27.4 Å². The molecule has 8 heteroatoms. The molecule has 2 aliphatic rings. The highest BCUT2D eigenvalue weighted by Crippen LogP contribution is 2.03. The molecule has 84 valence electrons. The Morgan fingerprint density at radius 3 is 2.12 bits per heavy atom. The predicted molar refractivity (Wildman–Crippen MR) is 53.0 cm³/mol. The van der Waals surface area contributed by atoms with Crippen LogP contribution in [0.3, 0.4) is 0 Å². The molecule has 7 N–H and O–H groups in total. The van der Waals surface area contributed by atoms with Crippen LogP contribution in [-0.4, -0.2) is 19.9 Å². The molecule has 0 radical (unpaired) electrons. The average molecular weight is 223 g/mol. The second-order valence-electron chi connectivity index (χ2n) is 3.22. The van der Waals surface area contributed by atoms with Gasteiger partial charge in [0, 0.05) is 0 Å². The van der Waals surface area contributed by atoms with Crippen LogP contribution in [0.4, 0.5) is 11.4 Å². The van der Waals surface area contributed by atoms with Gasteiger partial charge < -0.3 is 21.9 Å². The van der Waals surface area contributed by atoms with Gasteiger partial charge in [0.25, 0.3) is 0 Å². The Labute approximate surface area is 87.7 Å². The topological polar surface area (TPSA) is 143 Å². The molecular formula is C8H9N5O3. The molecule has 8 nitrogen and oxygen atoms in total. The molecule has 0 unspecified atom stereocenters. The molecule has 0 saturated heterocycles. The molecule has 0 aromatic heterocycles. The maximum Gasteiger partial charge on any atom is 0.232 e. The minimum atomic E-state index is -0.741. The second kappa shape index (κ2) is 2.92. The van der Waals surface area contributed by atoms with Crippen molar-refractivity contribution in [3.05, 3.63) is 38.7 Å². The van der Waals surface area contributed by atoms with Crippen LogP contribution in [0.1, 0.15) is 0 Å². The zero-order valence-corrected chi connectivity index (χ0v) is 8.01. The number of hydrogen-bond acceptors (Lipinski definition) is 6. The number of nitrogen functional groups attached to an aromatic ring is 2. The van der Waals surface area contributed by atoms with E-state index < -0.39 is 5.43 Å². The van der Waals surface area contributed by atoms with Crippen LogP contribution in [0.5, 0.6) is 0 Å². The van der Waals surface area contributed by atoms with Gasteiger partial charge in [-0.3, -0.25) is 10.2 Å². The van der Waals surface area contributed by atoms with E-state index in [1.165, 1.54) is 0 Å². The Morgan fingerprint density at radius 1 is 1.06 bits per heavy atom. The molecule has 0 atom stereocenters. The molecule has 0 aromatic carbocycles. The smallest absolute Gasteiger partial charge is 0.232 e. The van der Waals surface area contributed by atoms with Crippen molar-refractivity contribution in [2.24, 2.45) is 0 Å². The Kier molecular flexibility index (Phi) is 1.81. The quantitative estimate of drug-likeness (QED) is 0.345. The molecule has 0 amide bonds. The average Bonchev–Trinajstić information content (AvgIpc) is 2.26. The maximum absolute atomic E-state index is 11.7. The van der Waals surface area contributed by atoms with Crippen LogP contribution in [0.2, 0.25) is 0 Å². The third kappa shape index (κ3) is 1.03. The van der Waals surface area contributed by atoms with Gasteiger partial charge in [-0.25, -0.2) is 0 Å². The van der Waals surface area contributed by atoms with Gasteiger partial charge in [-0.1, -0.05) is 0 Å². The van der Waals surface area contributed by atoms with Crippen molar-refractivity contribution in [2.75, 3.05) is 11.5 Å². The van der Waals surface area contributed by atoms with Gasteiger partial charge in [0.05, 0.1) is 18.1 Å². The summed E-state index contributed by atoms with van der Waals surface area (Å²) in [5.74, 6) is 0. The van der Waals surface area contributed by atoms with E-state index in [9.17, 15) is 15.2 Å². The molecule has 1 heterocycles. The molecule has 1 aliphatic carbocycles. The van der Waals surface area contributed by atoms with Crippen molar-refractivity contribution < 1.29 is 10.4 Å². The number of aromatic nitrogens is 2. The normalized spacial score (nSPS) is 10.8. The molecule has 0 aromatic rings. The number of rotatable bonds is 0. The highest BCUT2D eigenvalue weighted by Gasteiger charge is 2.11. The summed E-state index contributed by atoms with van der Waals surface area (Å²) >= 11 is 0. The fraction of sp³-hybridized carbons (Fsp3) is 0.